The zero-order valence-corrected chi connectivity index (χ0v) is 14.2. The van der Waals surface area contributed by atoms with E-state index in [2.05, 4.69) is 5.32 Å². The number of carbonyl (C=O) groups is 1. The van der Waals surface area contributed by atoms with E-state index < -0.39 is 0 Å². The molecule has 5 nitrogen and oxygen atoms in total. The molecule has 5 heteroatoms. The highest BCUT2D eigenvalue weighted by Crippen LogP contribution is 2.18. The molecule has 0 saturated carbocycles. The average Bonchev–Trinajstić information content (AvgIpc) is 2.62. The second-order valence-corrected chi connectivity index (χ2v) is 5.44. The van der Waals surface area contributed by atoms with Gasteiger partial charge in [0.15, 0.2) is 0 Å². The van der Waals surface area contributed by atoms with E-state index in [1.807, 2.05) is 54.6 Å². The number of amides is 1. The number of hydrogen-bond donors (Lipinski definition) is 1. The SMILES string of the molecule is CNCC(=O)N(C)CCOc1ccc(OCc2ccccc2)cc1. The fourth-order valence-corrected chi connectivity index (χ4v) is 2.08. The molecule has 0 saturated heterocycles. The van der Waals surface area contributed by atoms with Crippen molar-refractivity contribution in [2.45, 2.75) is 6.61 Å². The van der Waals surface area contributed by atoms with Crippen LogP contribution in [-0.4, -0.2) is 44.6 Å². The van der Waals surface area contributed by atoms with E-state index in [1.54, 1.807) is 19.0 Å². The number of nitrogens with one attached hydrogen (secondary N) is 1. The molecule has 0 spiro atoms. The smallest absolute Gasteiger partial charge is 0.236 e. The van der Waals surface area contributed by atoms with Crippen LogP contribution in [0.5, 0.6) is 11.5 Å². The van der Waals surface area contributed by atoms with Crippen LogP contribution in [0.25, 0.3) is 0 Å². The summed E-state index contributed by atoms with van der Waals surface area (Å²) >= 11 is 0. The van der Waals surface area contributed by atoms with Gasteiger partial charge in [0.05, 0.1) is 13.1 Å². The van der Waals surface area contributed by atoms with E-state index in [4.69, 9.17) is 9.47 Å². The van der Waals surface area contributed by atoms with Crippen LogP contribution in [0.15, 0.2) is 54.6 Å². The highest BCUT2D eigenvalue weighted by molar-refractivity contribution is 5.77. The third-order valence-electron chi connectivity index (χ3n) is 3.52. The van der Waals surface area contributed by atoms with Gasteiger partial charge < -0.3 is 19.7 Å². The van der Waals surface area contributed by atoms with Gasteiger partial charge in [-0.3, -0.25) is 4.79 Å². The Labute approximate surface area is 143 Å². The second kappa shape index (κ2) is 9.57. The summed E-state index contributed by atoms with van der Waals surface area (Å²) in [7, 11) is 3.52. The Balaban J connectivity index is 1.73. The molecule has 0 aliphatic heterocycles. The number of benzene rings is 2. The zero-order valence-electron chi connectivity index (χ0n) is 14.2. The van der Waals surface area contributed by atoms with Gasteiger partial charge >= 0.3 is 0 Å². The lowest BCUT2D eigenvalue weighted by molar-refractivity contribution is -0.129. The number of carbonyl (C=O) groups excluding carboxylic acids is 1. The van der Waals surface area contributed by atoms with Gasteiger partial charge in [-0.25, -0.2) is 0 Å². The third-order valence-corrected chi connectivity index (χ3v) is 3.52. The Morgan fingerprint density at radius 1 is 1.00 bits per heavy atom. The van der Waals surface area contributed by atoms with E-state index >= 15 is 0 Å². The van der Waals surface area contributed by atoms with Crippen molar-refractivity contribution < 1.29 is 14.3 Å². The van der Waals surface area contributed by atoms with Crippen molar-refractivity contribution >= 4 is 5.91 Å². The lowest BCUT2D eigenvalue weighted by Crippen LogP contribution is -2.36. The second-order valence-electron chi connectivity index (χ2n) is 5.44. The van der Waals surface area contributed by atoms with Gasteiger partial charge in [0.1, 0.15) is 24.7 Å². The average molecular weight is 328 g/mol. The predicted octanol–water partition coefficient (Wildman–Crippen LogP) is 2.32. The summed E-state index contributed by atoms with van der Waals surface area (Å²) in [5.74, 6) is 1.61. The summed E-state index contributed by atoms with van der Waals surface area (Å²) in [5, 5.41) is 2.84. The van der Waals surface area contributed by atoms with Crippen LogP contribution in [0.4, 0.5) is 0 Å². The minimum atomic E-state index is 0.0470. The summed E-state index contributed by atoms with van der Waals surface area (Å²) < 4.78 is 11.4. The molecule has 0 atom stereocenters. The van der Waals surface area contributed by atoms with E-state index in [0.29, 0.717) is 26.3 Å². The van der Waals surface area contributed by atoms with E-state index in [-0.39, 0.29) is 5.91 Å². The van der Waals surface area contributed by atoms with Crippen molar-refractivity contribution in [1.29, 1.82) is 0 Å². The topological polar surface area (TPSA) is 50.8 Å². The van der Waals surface area contributed by atoms with Gasteiger partial charge in [-0.1, -0.05) is 30.3 Å². The first kappa shape index (κ1) is 17.8. The Kier molecular flexibility index (Phi) is 7.11. The normalized spacial score (nSPS) is 10.2. The molecule has 2 rings (SSSR count). The lowest BCUT2D eigenvalue weighted by atomic mass is 10.2. The molecular weight excluding hydrogens is 304 g/mol. The maximum Gasteiger partial charge on any atom is 0.236 e. The fourth-order valence-electron chi connectivity index (χ4n) is 2.08. The van der Waals surface area contributed by atoms with Crippen LogP contribution < -0.4 is 14.8 Å². The van der Waals surface area contributed by atoms with Crippen molar-refractivity contribution in [3.8, 4) is 11.5 Å². The maximum atomic E-state index is 11.6. The number of likely N-dealkylation sites (N-methyl/N-ethyl adjacent to an activating group) is 2. The summed E-state index contributed by atoms with van der Waals surface area (Å²) in [6.07, 6.45) is 0. The van der Waals surface area contributed by atoms with Gasteiger partial charge in [-0.2, -0.15) is 0 Å². The quantitative estimate of drug-likeness (QED) is 0.767. The van der Waals surface area contributed by atoms with Crippen molar-refractivity contribution in [3.63, 3.8) is 0 Å². The van der Waals surface area contributed by atoms with Crippen molar-refractivity contribution in [2.75, 3.05) is 33.8 Å². The largest absolute Gasteiger partial charge is 0.492 e. The molecule has 1 N–H and O–H groups in total. The van der Waals surface area contributed by atoms with Crippen molar-refractivity contribution in [3.05, 3.63) is 60.2 Å². The molecule has 0 fully saturated rings. The molecule has 0 radical (unpaired) electrons. The number of ether oxygens (including phenoxy) is 2. The fraction of sp³-hybridized carbons (Fsp3) is 0.316. The van der Waals surface area contributed by atoms with Gasteiger partial charge in [-0.15, -0.1) is 0 Å². The minimum absolute atomic E-state index is 0.0470. The van der Waals surface area contributed by atoms with Crippen molar-refractivity contribution in [2.24, 2.45) is 0 Å². The lowest BCUT2D eigenvalue weighted by Gasteiger charge is -2.17. The predicted molar refractivity (Wildman–Crippen MR) is 94.3 cm³/mol. The Hall–Kier alpha value is -2.53. The molecule has 0 heterocycles. The highest BCUT2D eigenvalue weighted by atomic mass is 16.5. The molecule has 0 aliphatic carbocycles. The summed E-state index contributed by atoms with van der Waals surface area (Å²) in [5.41, 5.74) is 1.13. The molecule has 0 bridgehead atoms. The molecule has 128 valence electrons. The number of hydrogen-bond acceptors (Lipinski definition) is 4. The Morgan fingerprint density at radius 2 is 1.62 bits per heavy atom. The van der Waals surface area contributed by atoms with E-state index in [1.165, 1.54) is 0 Å². The Bertz CT molecular complexity index is 614. The monoisotopic (exact) mass is 328 g/mol. The van der Waals surface area contributed by atoms with Gasteiger partial charge in [0.25, 0.3) is 0 Å². The molecular formula is C19H24N2O3. The van der Waals surface area contributed by atoms with Gasteiger partial charge in [0, 0.05) is 7.05 Å². The number of nitrogens with zero attached hydrogens (tertiary/aromatic N) is 1. The first-order valence-corrected chi connectivity index (χ1v) is 7.97. The van der Waals surface area contributed by atoms with E-state index in [0.717, 1.165) is 17.1 Å². The van der Waals surface area contributed by atoms with Crippen LogP contribution >= 0.6 is 0 Å². The molecule has 1 amide bonds. The molecule has 2 aromatic rings. The number of rotatable bonds is 9. The first-order chi connectivity index (χ1) is 11.7. The molecule has 0 aromatic heterocycles. The van der Waals surface area contributed by atoms with E-state index in [9.17, 15) is 4.79 Å². The van der Waals surface area contributed by atoms with Gasteiger partial charge in [0.2, 0.25) is 5.91 Å². The van der Waals surface area contributed by atoms with Crippen molar-refractivity contribution in [1.82, 2.24) is 10.2 Å². The standard InChI is InChI=1S/C19H24N2O3/c1-20-14-19(22)21(2)12-13-23-17-8-10-18(11-9-17)24-15-16-6-4-3-5-7-16/h3-11,20H,12-15H2,1-2H3. The molecule has 2 aromatic carbocycles. The summed E-state index contributed by atoms with van der Waals surface area (Å²) in [6.45, 7) is 1.88. The Morgan fingerprint density at radius 3 is 2.25 bits per heavy atom. The molecule has 24 heavy (non-hydrogen) atoms. The summed E-state index contributed by atoms with van der Waals surface area (Å²) in [4.78, 5) is 13.3. The van der Waals surface area contributed by atoms with Gasteiger partial charge in [-0.05, 0) is 36.9 Å². The van der Waals surface area contributed by atoms with Crippen LogP contribution in [0.3, 0.4) is 0 Å². The zero-order chi connectivity index (χ0) is 17.2. The molecule has 0 unspecified atom stereocenters. The van der Waals surface area contributed by atoms with Crippen LogP contribution in [0.2, 0.25) is 0 Å². The van der Waals surface area contributed by atoms with Crippen LogP contribution in [0, 0.1) is 0 Å². The first-order valence-electron chi connectivity index (χ1n) is 7.97. The van der Waals surface area contributed by atoms with Crippen LogP contribution in [-0.2, 0) is 11.4 Å². The third kappa shape index (κ3) is 5.93. The molecule has 0 aliphatic rings. The highest BCUT2D eigenvalue weighted by Gasteiger charge is 2.06. The minimum Gasteiger partial charge on any atom is -0.492 e. The summed E-state index contributed by atoms with van der Waals surface area (Å²) in [6, 6.07) is 17.5. The maximum absolute atomic E-state index is 11.6. The van der Waals surface area contributed by atoms with Crippen LogP contribution in [0.1, 0.15) is 5.56 Å².